The predicted molar refractivity (Wildman–Crippen MR) is 157 cm³/mol. The van der Waals surface area contributed by atoms with Gasteiger partial charge in [0.2, 0.25) is 0 Å². The van der Waals surface area contributed by atoms with E-state index in [-0.39, 0.29) is 6.85 Å². The van der Waals surface area contributed by atoms with Gasteiger partial charge in [-0.2, -0.15) is 5.10 Å². The van der Waals surface area contributed by atoms with Crippen LogP contribution in [0.5, 0.6) is 0 Å². The zero-order chi connectivity index (χ0) is 25.4. The molecule has 0 N–H and O–H groups in total. The van der Waals surface area contributed by atoms with E-state index in [0.717, 1.165) is 23.7 Å². The fraction of sp³-hybridized carbons (Fsp3) is 0.0968. The number of imidazole rings is 1. The van der Waals surface area contributed by atoms with E-state index in [4.69, 9.17) is 0 Å². The van der Waals surface area contributed by atoms with E-state index < -0.39 is 0 Å². The lowest BCUT2D eigenvalue weighted by atomic mass is 9.43. The lowest BCUT2D eigenvalue weighted by molar-refractivity contribution is 0.393. The van der Waals surface area contributed by atoms with E-state index in [0.29, 0.717) is 0 Å². The van der Waals surface area contributed by atoms with Gasteiger partial charge in [0.1, 0.15) is 18.8 Å². The van der Waals surface area contributed by atoms with Gasteiger partial charge in [0, 0.05) is 60.2 Å². The van der Waals surface area contributed by atoms with E-state index in [1.165, 1.54) is 44.6 Å². The highest BCUT2D eigenvalue weighted by atomic mass is 15.6. The van der Waals surface area contributed by atoms with Crippen molar-refractivity contribution < 1.29 is 0 Å². The van der Waals surface area contributed by atoms with E-state index >= 15 is 0 Å². The molecule has 4 heterocycles. The first-order valence-electron chi connectivity index (χ1n) is 12.9. The van der Waals surface area contributed by atoms with Gasteiger partial charge >= 0.3 is 6.85 Å². The van der Waals surface area contributed by atoms with Crippen LogP contribution in [-0.4, -0.2) is 41.5 Å². The van der Waals surface area contributed by atoms with Gasteiger partial charge in [-0.05, 0) is 40.3 Å². The maximum atomic E-state index is 4.66. The van der Waals surface area contributed by atoms with Crippen molar-refractivity contribution >= 4 is 41.2 Å². The molecule has 5 aromatic rings. The van der Waals surface area contributed by atoms with Gasteiger partial charge < -0.3 is 14.3 Å². The Labute approximate surface area is 222 Å². The van der Waals surface area contributed by atoms with Gasteiger partial charge in [-0.3, -0.25) is 5.01 Å². The summed E-state index contributed by atoms with van der Waals surface area (Å²) in [7, 11) is 4.05. The second-order valence-corrected chi connectivity index (χ2v) is 10.2. The molecular weight excluding hydrogens is 467 g/mol. The number of nitrogens with zero attached hydrogens (tertiary/aromatic N) is 6. The normalized spacial score (nSPS) is 14.7. The number of hydrogen-bond donors (Lipinski definition) is 0. The number of hydrogen-bond acceptors (Lipinski definition) is 5. The number of fused-ring (bicyclic) bond motifs is 11. The third kappa shape index (κ3) is 2.96. The maximum absolute atomic E-state index is 4.66. The molecule has 0 spiro atoms. The van der Waals surface area contributed by atoms with Crippen LogP contribution in [0.2, 0.25) is 0 Å². The molecule has 0 amide bonds. The molecule has 6 nitrogen and oxygen atoms in total. The van der Waals surface area contributed by atoms with Crippen LogP contribution in [0.1, 0.15) is 0 Å². The molecule has 0 unspecified atom stereocenters. The van der Waals surface area contributed by atoms with Crippen molar-refractivity contribution in [3.8, 4) is 33.6 Å². The standard InChI is InChI=1S/C31H25BN6/c1-35-16-15-33-31(35)21-11-13-25-23-7-3-5-9-27(23)32-28-10-6-4-8-24(28)26-14-12-22(37-19-34-36(2)20-37)18-30(26)38(32)29(25)17-21/h3-19H,20H2,1-2H3. The lowest BCUT2D eigenvalue weighted by Gasteiger charge is -2.43. The molecule has 7 heteroatoms. The molecule has 0 aliphatic carbocycles. The van der Waals surface area contributed by atoms with Gasteiger partial charge in [-0.15, -0.1) is 0 Å². The minimum absolute atomic E-state index is 0.0733. The van der Waals surface area contributed by atoms with Crippen molar-refractivity contribution in [1.29, 1.82) is 0 Å². The summed E-state index contributed by atoms with van der Waals surface area (Å²) in [6, 6.07) is 31.3. The molecule has 1 aromatic heterocycles. The van der Waals surface area contributed by atoms with Gasteiger partial charge in [0.15, 0.2) is 0 Å². The number of hydrazone groups is 1. The monoisotopic (exact) mass is 492 g/mol. The average Bonchev–Trinajstić information content (AvgIpc) is 3.60. The Morgan fingerprint density at radius 2 is 1.42 bits per heavy atom. The van der Waals surface area contributed by atoms with Crippen molar-refractivity contribution in [3.63, 3.8) is 0 Å². The van der Waals surface area contributed by atoms with Crippen LogP contribution < -0.4 is 20.6 Å². The third-order valence-corrected chi connectivity index (χ3v) is 8.00. The summed E-state index contributed by atoms with van der Waals surface area (Å²) in [6.07, 6.45) is 5.77. The highest BCUT2D eigenvalue weighted by molar-refractivity contribution is 6.92. The minimum Gasteiger partial charge on any atom is -0.376 e. The molecule has 0 atom stereocenters. The van der Waals surface area contributed by atoms with Crippen LogP contribution in [0, 0.1) is 0 Å². The van der Waals surface area contributed by atoms with Crippen LogP contribution in [0.25, 0.3) is 33.6 Å². The summed E-state index contributed by atoms with van der Waals surface area (Å²) in [5.41, 5.74) is 12.4. The fourth-order valence-corrected chi connectivity index (χ4v) is 6.27. The smallest absolute Gasteiger partial charge is 0.329 e. The predicted octanol–water partition coefficient (Wildman–Crippen LogP) is 4.64. The number of anilines is 3. The largest absolute Gasteiger partial charge is 0.376 e. The summed E-state index contributed by atoms with van der Waals surface area (Å²) in [5.74, 6) is 0.964. The van der Waals surface area contributed by atoms with Crippen molar-refractivity contribution in [2.75, 3.05) is 23.4 Å². The van der Waals surface area contributed by atoms with Crippen LogP contribution in [0.15, 0.2) is 102 Å². The van der Waals surface area contributed by atoms with Crippen molar-refractivity contribution in [1.82, 2.24) is 14.6 Å². The number of rotatable bonds is 2. The second-order valence-electron chi connectivity index (χ2n) is 10.2. The molecule has 3 aliphatic rings. The zero-order valence-electron chi connectivity index (χ0n) is 21.3. The van der Waals surface area contributed by atoms with Gasteiger partial charge in [-0.25, -0.2) is 4.98 Å². The number of aromatic nitrogens is 2. The number of aryl methyl sites for hydroxylation is 1. The molecule has 38 heavy (non-hydrogen) atoms. The second kappa shape index (κ2) is 7.86. The van der Waals surface area contributed by atoms with E-state index in [9.17, 15) is 0 Å². The summed E-state index contributed by atoms with van der Waals surface area (Å²) < 4.78 is 2.08. The molecule has 8 rings (SSSR count). The Morgan fingerprint density at radius 1 is 0.737 bits per heavy atom. The molecule has 0 bridgehead atoms. The van der Waals surface area contributed by atoms with Crippen molar-refractivity contribution in [2.24, 2.45) is 12.1 Å². The summed E-state index contributed by atoms with van der Waals surface area (Å²) in [6.45, 7) is 0.811. The van der Waals surface area contributed by atoms with Gasteiger partial charge in [0.05, 0.1) is 0 Å². The van der Waals surface area contributed by atoms with E-state index in [2.05, 4.69) is 109 Å². The van der Waals surface area contributed by atoms with Crippen molar-refractivity contribution in [3.05, 3.63) is 97.3 Å². The van der Waals surface area contributed by atoms with Crippen LogP contribution >= 0.6 is 0 Å². The first-order chi connectivity index (χ1) is 18.7. The minimum atomic E-state index is 0.0733. The quantitative estimate of drug-likeness (QED) is 0.337. The van der Waals surface area contributed by atoms with Crippen LogP contribution in [0.4, 0.5) is 17.1 Å². The summed E-state index contributed by atoms with van der Waals surface area (Å²) in [5, 5.41) is 6.40. The Bertz CT molecular complexity index is 1770. The molecule has 0 saturated carbocycles. The SMILES string of the molecule is CN1CN(c2ccc3c(c2)N2B(c4ccccc4-c4ccc(-c5nccn5C)cc42)c2ccccc2-3)C=N1. The summed E-state index contributed by atoms with van der Waals surface area (Å²) >= 11 is 0. The average molecular weight is 492 g/mol. The first kappa shape index (κ1) is 21.3. The molecule has 0 saturated heterocycles. The van der Waals surface area contributed by atoms with Gasteiger partial charge in [-0.1, -0.05) is 66.7 Å². The van der Waals surface area contributed by atoms with Crippen molar-refractivity contribution in [2.45, 2.75) is 0 Å². The molecule has 0 radical (unpaired) electrons. The van der Waals surface area contributed by atoms with E-state index in [1.807, 2.05) is 37.8 Å². The molecular formula is C31H25BN6. The molecule has 0 fully saturated rings. The molecule has 3 aliphatic heterocycles. The topological polar surface area (TPSA) is 39.9 Å². The Kier molecular flexibility index (Phi) is 4.41. The summed E-state index contributed by atoms with van der Waals surface area (Å²) in [4.78, 5) is 9.39. The highest BCUT2D eigenvalue weighted by Gasteiger charge is 2.42. The van der Waals surface area contributed by atoms with Crippen LogP contribution in [0.3, 0.4) is 0 Å². The number of benzene rings is 4. The van der Waals surface area contributed by atoms with E-state index in [1.54, 1.807) is 0 Å². The molecule has 182 valence electrons. The lowest BCUT2D eigenvalue weighted by Crippen LogP contribution is -2.59. The van der Waals surface area contributed by atoms with Gasteiger partial charge in [0.25, 0.3) is 0 Å². The fourth-order valence-electron chi connectivity index (χ4n) is 6.27. The Hall–Kier alpha value is -4.78. The first-order valence-corrected chi connectivity index (χ1v) is 12.9. The highest BCUT2D eigenvalue weighted by Crippen LogP contribution is 2.47. The van der Waals surface area contributed by atoms with Crippen LogP contribution in [-0.2, 0) is 7.05 Å². The zero-order valence-corrected chi connectivity index (χ0v) is 21.3. The Morgan fingerprint density at radius 3 is 2.08 bits per heavy atom. The Balaban J connectivity index is 1.42. The maximum Gasteiger partial charge on any atom is 0.329 e. The molecule has 4 aromatic carbocycles. The third-order valence-electron chi connectivity index (χ3n) is 8.00.